The van der Waals surface area contributed by atoms with Gasteiger partial charge in [-0.05, 0) is 0 Å². The molecule has 0 fully saturated rings. The van der Waals surface area contributed by atoms with Crippen molar-refractivity contribution in [1.29, 1.82) is 0 Å². The molecule has 0 heterocycles. The zero-order chi connectivity index (χ0) is 12.4. The molecule has 16 heavy (non-hydrogen) atoms. The van der Waals surface area contributed by atoms with Crippen LogP contribution in [-0.4, -0.2) is 29.3 Å². The van der Waals surface area contributed by atoms with E-state index >= 15 is 0 Å². The zero-order valence-electron chi connectivity index (χ0n) is 11.4. The summed E-state index contributed by atoms with van der Waals surface area (Å²) in [7, 11) is -1.05. The third kappa shape index (κ3) is 4.45. The summed E-state index contributed by atoms with van der Waals surface area (Å²) in [6.45, 7) is 7.57. The van der Waals surface area contributed by atoms with Crippen molar-refractivity contribution in [3.8, 4) is 0 Å². The minimum atomic E-state index is -1.83. The molecule has 3 heteroatoms. The van der Waals surface area contributed by atoms with Gasteiger partial charge >= 0.3 is 111 Å². The Balaban J connectivity index is 2.89. The van der Waals surface area contributed by atoms with Crippen molar-refractivity contribution in [1.82, 2.24) is 0 Å². The van der Waals surface area contributed by atoms with E-state index in [1.807, 2.05) is 0 Å². The molecular formula is C13H24SSiSn. The van der Waals surface area contributed by atoms with Gasteiger partial charge in [0.15, 0.2) is 0 Å². The molecule has 0 aliphatic heterocycles. The van der Waals surface area contributed by atoms with Gasteiger partial charge in [0.1, 0.15) is 0 Å². The number of benzene rings is 1. The maximum absolute atomic E-state index is 2.58. The third-order valence-electron chi connectivity index (χ3n) is 2.57. The van der Waals surface area contributed by atoms with Crippen molar-refractivity contribution in [3.63, 3.8) is 0 Å². The molecule has 0 saturated heterocycles. The summed E-state index contributed by atoms with van der Waals surface area (Å²) in [4.78, 5) is 9.19. The average molecular weight is 359 g/mol. The summed E-state index contributed by atoms with van der Waals surface area (Å²) >= 11 is 0.330. The molecule has 0 radical (unpaired) electrons. The van der Waals surface area contributed by atoms with Gasteiger partial charge in [-0.1, -0.05) is 0 Å². The van der Waals surface area contributed by atoms with Crippen molar-refractivity contribution < 1.29 is 0 Å². The van der Waals surface area contributed by atoms with E-state index in [2.05, 4.69) is 76.6 Å². The first kappa shape index (κ1) is 14.6. The Hall–Kier alpha value is 0.586. The predicted octanol–water partition coefficient (Wildman–Crippen LogP) is 4.90. The first-order valence-corrected chi connectivity index (χ1v) is 20.6. The van der Waals surface area contributed by atoms with Gasteiger partial charge in [0, 0.05) is 0 Å². The van der Waals surface area contributed by atoms with Crippen LogP contribution < -0.4 is 0 Å². The standard InChI is InChI=1S/C10H15SSi.3CH3.Sn/c1-12(2,3)9-11-10-7-5-4-6-8-10;;;;/h4-9H,1-3H3;3*1H3;. The van der Waals surface area contributed by atoms with Crippen LogP contribution in [0.5, 0.6) is 0 Å². The first-order valence-electron chi connectivity index (χ1n) is 5.93. The Kier molecular flexibility index (Phi) is 5.02. The monoisotopic (exact) mass is 360 g/mol. The fraction of sp³-hybridized carbons (Fsp3) is 0.538. The van der Waals surface area contributed by atoms with Crippen LogP contribution in [-0.2, 0) is 0 Å². The van der Waals surface area contributed by atoms with Gasteiger partial charge in [-0.25, -0.2) is 0 Å². The van der Waals surface area contributed by atoms with E-state index in [0.29, 0.717) is 0 Å². The molecule has 1 rings (SSSR count). The summed E-state index contributed by atoms with van der Waals surface area (Å²) in [6.07, 6.45) is 0. The Labute approximate surface area is 110 Å². The number of hydrogen-bond donors (Lipinski definition) is 0. The molecule has 0 bridgehead atoms. The minimum absolute atomic E-state index is 0.962. The van der Waals surface area contributed by atoms with E-state index in [0.717, 1.165) is 2.89 Å². The van der Waals surface area contributed by atoms with Crippen LogP contribution in [0.3, 0.4) is 0 Å². The molecule has 1 aromatic carbocycles. The second-order valence-corrected chi connectivity index (χ2v) is 31.4. The van der Waals surface area contributed by atoms with Crippen LogP contribution in [0.15, 0.2) is 35.2 Å². The Morgan fingerprint density at radius 2 is 1.50 bits per heavy atom. The molecule has 0 saturated carbocycles. The van der Waals surface area contributed by atoms with Gasteiger partial charge in [0.05, 0.1) is 0 Å². The second kappa shape index (κ2) is 5.49. The Morgan fingerprint density at radius 1 is 1.00 bits per heavy atom. The van der Waals surface area contributed by atoms with Crippen LogP contribution in [0, 0.1) is 0 Å². The van der Waals surface area contributed by atoms with Gasteiger partial charge in [-0.2, -0.15) is 0 Å². The molecule has 1 aromatic rings. The molecule has 0 aliphatic carbocycles. The predicted molar refractivity (Wildman–Crippen MR) is 82.8 cm³/mol. The summed E-state index contributed by atoms with van der Waals surface area (Å²) in [5.41, 5.74) is 0. The van der Waals surface area contributed by atoms with E-state index in [4.69, 9.17) is 0 Å². The van der Waals surface area contributed by atoms with Crippen LogP contribution >= 0.6 is 11.8 Å². The summed E-state index contributed by atoms with van der Waals surface area (Å²) in [6, 6.07) is 10.9. The number of rotatable bonds is 4. The van der Waals surface area contributed by atoms with Crippen LogP contribution in [0.2, 0.25) is 34.5 Å². The molecule has 0 aliphatic rings. The van der Waals surface area contributed by atoms with Crippen molar-refractivity contribution in [2.24, 2.45) is 0 Å². The SMILES string of the molecule is C[Si](C)(C)[CH](Sc1ccccc1)[Sn]([CH3])([CH3])[CH3]. The van der Waals surface area contributed by atoms with Gasteiger partial charge < -0.3 is 0 Å². The van der Waals surface area contributed by atoms with Gasteiger partial charge in [0.25, 0.3) is 0 Å². The fourth-order valence-corrected chi connectivity index (χ4v) is 34.1. The molecule has 0 nitrogen and oxygen atoms in total. The summed E-state index contributed by atoms with van der Waals surface area (Å²) < 4.78 is 0.962. The van der Waals surface area contributed by atoms with E-state index in [1.54, 1.807) is 0 Å². The Morgan fingerprint density at radius 3 is 1.88 bits per heavy atom. The molecule has 90 valence electrons. The van der Waals surface area contributed by atoms with Crippen LogP contribution in [0.25, 0.3) is 0 Å². The number of hydrogen-bond acceptors (Lipinski definition) is 1. The molecule has 0 aromatic heterocycles. The molecule has 0 amide bonds. The van der Waals surface area contributed by atoms with E-state index in [9.17, 15) is 0 Å². The molecule has 1 unspecified atom stereocenters. The van der Waals surface area contributed by atoms with Crippen molar-refractivity contribution in [2.75, 3.05) is 0 Å². The van der Waals surface area contributed by atoms with E-state index in [-0.39, 0.29) is 0 Å². The normalized spacial score (nSPS) is 14.9. The van der Waals surface area contributed by atoms with Crippen molar-refractivity contribution in [2.45, 2.75) is 42.2 Å². The molecule has 0 spiro atoms. The van der Waals surface area contributed by atoms with Gasteiger partial charge in [-0.15, -0.1) is 0 Å². The zero-order valence-corrected chi connectivity index (χ0v) is 16.0. The van der Waals surface area contributed by atoms with Gasteiger partial charge in [0.2, 0.25) is 0 Å². The second-order valence-electron chi connectivity index (χ2n) is 6.54. The van der Waals surface area contributed by atoms with E-state index < -0.39 is 26.5 Å². The molecular weight excluding hydrogens is 335 g/mol. The number of thioether (sulfide) groups is 1. The van der Waals surface area contributed by atoms with Crippen molar-refractivity contribution in [3.05, 3.63) is 30.3 Å². The van der Waals surface area contributed by atoms with E-state index in [1.165, 1.54) is 4.90 Å². The Bertz CT molecular complexity index is 310. The molecule has 1 atom stereocenters. The summed E-state index contributed by atoms with van der Waals surface area (Å²) in [5.74, 6) is 0. The first-order chi connectivity index (χ1) is 7.21. The fourth-order valence-electron chi connectivity index (χ4n) is 2.29. The van der Waals surface area contributed by atoms with Crippen LogP contribution in [0.4, 0.5) is 0 Å². The third-order valence-corrected chi connectivity index (χ3v) is 30.9. The quantitative estimate of drug-likeness (QED) is 0.544. The average Bonchev–Trinajstić information content (AvgIpc) is 2.12. The van der Waals surface area contributed by atoms with Gasteiger partial charge in [-0.3, -0.25) is 0 Å². The topological polar surface area (TPSA) is 0 Å². The molecule has 0 N–H and O–H groups in total. The summed E-state index contributed by atoms with van der Waals surface area (Å²) in [5, 5.41) is 0. The van der Waals surface area contributed by atoms with Crippen molar-refractivity contribution >= 4 is 38.2 Å². The van der Waals surface area contributed by atoms with Crippen LogP contribution in [0.1, 0.15) is 0 Å². The maximum atomic E-state index is 2.58.